The summed E-state index contributed by atoms with van der Waals surface area (Å²) in [5, 5.41) is 9.49. The Morgan fingerprint density at radius 2 is 2.15 bits per heavy atom. The number of carboxylic acid groups (broad SMARTS) is 1. The molecule has 1 N–H and O–H groups in total. The van der Waals surface area contributed by atoms with Crippen molar-refractivity contribution in [3.8, 4) is 5.75 Å². The lowest BCUT2D eigenvalue weighted by Gasteiger charge is -2.32. The first kappa shape index (κ1) is 22.4. The fourth-order valence-electron chi connectivity index (χ4n) is 5.26. The molecule has 9 nitrogen and oxygen atoms in total. The van der Waals surface area contributed by atoms with E-state index in [9.17, 15) is 14.7 Å². The van der Waals surface area contributed by atoms with Gasteiger partial charge in [0.1, 0.15) is 23.6 Å². The number of nitrogens with zero attached hydrogens (tertiary/aromatic N) is 4. The number of rotatable bonds is 5. The van der Waals surface area contributed by atoms with Crippen molar-refractivity contribution in [3.05, 3.63) is 51.7 Å². The van der Waals surface area contributed by atoms with Crippen LogP contribution in [0.15, 0.2) is 27.7 Å². The number of carbonyl (C=O) groups is 1. The number of hydrogen-bond acceptors (Lipinski definition) is 7. The normalized spacial score (nSPS) is 20.7. The highest BCUT2D eigenvalue weighted by Gasteiger charge is 2.38. The van der Waals surface area contributed by atoms with Crippen LogP contribution in [0.25, 0.3) is 10.9 Å². The molecule has 0 bridgehead atoms. The summed E-state index contributed by atoms with van der Waals surface area (Å²) in [4.78, 5) is 32.9. The maximum absolute atomic E-state index is 15.5. The van der Waals surface area contributed by atoms with Crippen LogP contribution in [0, 0.1) is 18.7 Å². The molecule has 0 aliphatic carbocycles. The Kier molecular flexibility index (Phi) is 5.35. The van der Waals surface area contributed by atoms with E-state index in [2.05, 4.69) is 9.88 Å². The van der Waals surface area contributed by atoms with Gasteiger partial charge in [0.25, 0.3) is 0 Å². The molecule has 3 aromatic rings. The van der Waals surface area contributed by atoms with Gasteiger partial charge in [-0.05, 0) is 40.4 Å². The van der Waals surface area contributed by atoms with E-state index in [1.807, 2.05) is 32.8 Å². The number of aromatic carboxylic acids is 1. The molecule has 0 saturated carbocycles. The van der Waals surface area contributed by atoms with Crippen LogP contribution in [0.5, 0.6) is 5.75 Å². The van der Waals surface area contributed by atoms with Gasteiger partial charge in [-0.25, -0.2) is 14.2 Å². The number of aryl methyl sites for hydroxylation is 1. The van der Waals surface area contributed by atoms with Crippen molar-refractivity contribution < 1.29 is 23.4 Å². The number of halogens is 1. The quantitative estimate of drug-likeness (QED) is 0.607. The predicted octanol–water partition coefficient (Wildman–Crippen LogP) is 3.22. The van der Waals surface area contributed by atoms with E-state index in [1.54, 1.807) is 10.8 Å². The van der Waals surface area contributed by atoms with E-state index in [4.69, 9.17) is 9.15 Å². The molecule has 2 unspecified atom stereocenters. The van der Waals surface area contributed by atoms with Crippen LogP contribution in [0.1, 0.15) is 47.4 Å². The number of ether oxygens (including phenoxy) is 1. The molecule has 0 amide bonds. The third-order valence-electron chi connectivity index (χ3n) is 6.81. The number of benzene rings is 1. The Hall–Kier alpha value is -3.40. The van der Waals surface area contributed by atoms with Crippen molar-refractivity contribution in [2.24, 2.45) is 5.92 Å². The average molecular weight is 471 g/mol. The van der Waals surface area contributed by atoms with Gasteiger partial charge in [-0.1, -0.05) is 0 Å². The minimum absolute atomic E-state index is 0.0138. The highest BCUT2D eigenvalue weighted by Crippen LogP contribution is 2.44. The van der Waals surface area contributed by atoms with Gasteiger partial charge in [0.15, 0.2) is 11.6 Å². The first-order valence-electron chi connectivity index (χ1n) is 11.3. The van der Waals surface area contributed by atoms with Crippen LogP contribution in [0.4, 0.5) is 10.1 Å². The predicted molar refractivity (Wildman–Crippen MR) is 123 cm³/mol. The molecular weight excluding hydrogens is 443 g/mol. The van der Waals surface area contributed by atoms with Crippen LogP contribution < -0.4 is 15.1 Å². The maximum atomic E-state index is 15.5. The zero-order valence-corrected chi connectivity index (χ0v) is 19.5. The molecule has 3 atom stereocenters. The van der Waals surface area contributed by atoms with Gasteiger partial charge in [-0.15, -0.1) is 0 Å². The molecule has 2 aromatic heterocycles. The fraction of sp³-hybridized carbons (Fsp3) is 0.458. The third-order valence-corrected chi connectivity index (χ3v) is 6.81. The van der Waals surface area contributed by atoms with E-state index >= 15 is 4.39 Å². The van der Waals surface area contributed by atoms with E-state index in [0.717, 1.165) is 18.2 Å². The van der Waals surface area contributed by atoms with E-state index in [0.29, 0.717) is 30.2 Å². The van der Waals surface area contributed by atoms with Gasteiger partial charge in [-0.2, -0.15) is 0 Å². The Balaban J connectivity index is 1.59. The lowest BCUT2D eigenvalue weighted by molar-refractivity contribution is 0.0694. The summed E-state index contributed by atoms with van der Waals surface area (Å²) in [7, 11) is 3.94. The maximum Gasteiger partial charge on any atom is 0.341 e. The summed E-state index contributed by atoms with van der Waals surface area (Å²) in [6.07, 6.45) is 3.83. The summed E-state index contributed by atoms with van der Waals surface area (Å²) in [5.74, 6) is -0.139. The van der Waals surface area contributed by atoms with Crippen molar-refractivity contribution in [1.82, 2.24) is 14.5 Å². The molecule has 0 spiro atoms. The van der Waals surface area contributed by atoms with E-state index in [-0.39, 0.29) is 41.3 Å². The second-order valence-corrected chi connectivity index (χ2v) is 9.39. The monoisotopic (exact) mass is 470 g/mol. The second kappa shape index (κ2) is 8.12. The van der Waals surface area contributed by atoms with Crippen LogP contribution in [0.3, 0.4) is 0 Å². The molecule has 4 heterocycles. The Morgan fingerprint density at radius 3 is 2.79 bits per heavy atom. The fourth-order valence-corrected chi connectivity index (χ4v) is 5.26. The van der Waals surface area contributed by atoms with Crippen molar-refractivity contribution in [3.63, 3.8) is 0 Å². The van der Waals surface area contributed by atoms with Gasteiger partial charge in [0.05, 0.1) is 29.2 Å². The number of oxazole rings is 1. The SMILES string of the molecule is Cc1cnc(C(C2CCN(c3c(F)cc4c(=O)c(C(=O)O)cn5c4c3OC[C@@H]5C)C2)N(C)C)o1. The van der Waals surface area contributed by atoms with Gasteiger partial charge in [0, 0.05) is 25.2 Å². The van der Waals surface area contributed by atoms with Gasteiger partial charge >= 0.3 is 5.97 Å². The molecule has 10 heteroatoms. The average Bonchev–Trinajstić information content (AvgIpc) is 3.41. The standard InChI is InChI=1S/C24H27FN4O5/c1-12-11-33-22-19-15(21(30)16(24(31)32)10-29(12)19)7-17(25)20(22)28-6-5-14(9-28)18(27(3)4)23-26-8-13(2)34-23/h7-8,10,12,14,18H,5-6,9,11H2,1-4H3,(H,31,32)/t12-,14?,18?/m0/s1. The molecule has 1 saturated heterocycles. The Labute approximate surface area is 195 Å². The molecule has 180 valence electrons. The molecule has 1 fully saturated rings. The highest BCUT2D eigenvalue weighted by molar-refractivity contribution is 5.97. The molecule has 5 rings (SSSR count). The number of aromatic nitrogens is 2. The number of hydrogen-bond donors (Lipinski definition) is 1. The largest absolute Gasteiger partial charge is 0.487 e. The van der Waals surface area contributed by atoms with Crippen molar-refractivity contribution in [1.29, 1.82) is 0 Å². The smallest absolute Gasteiger partial charge is 0.341 e. The first-order valence-corrected chi connectivity index (χ1v) is 11.3. The summed E-state index contributed by atoms with van der Waals surface area (Å²) < 4.78 is 29.1. The Morgan fingerprint density at radius 1 is 1.38 bits per heavy atom. The second-order valence-electron chi connectivity index (χ2n) is 9.39. The lowest BCUT2D eigenvalue weighted by atomic mass is 9.98. The zero-order valence-electron chi connectivity index (χ0n) is 19.5. The van der Waals surface area contributed by atoms with Gasteiger partial charge in [-0.3, -0.25) is 9.69 Å². The molecule has 34 heavy (non-hydrogen) atoms. The summed E-state index contributed by atoms with van der Waals surface area (Å²) in [6, 6.07) is 0.871. The zero-order chi connectivity index (χ0) is 24.3. The van der Waals surface area contributed by atoms with E-state index < -0.39 is 17.2 Å². The number of pyridine rings is 1. The Bertz CT molecular complexity index is 1350. The van der Waals surface area contributed by atoms with Crippen LogP contribution >= 0.6 is 0 Å². The lowest BCUT2D eigenvalue weighted by Crippen LogP contribution is -2.31. The first-order chi connectivity index (χ1) is 16.2. The molecular formula is C24H27FN4O5. The van der Waals surface area contributed by atoms with Crippen molar-refractivity contribution in [2.75, 3.05) is 38.7 Å². The minimum atomic E-state index is -1.33. The highest BCUT2D eigenvalue weighted by atomic mass is 19.1. The third kappa shape index (κ3) is 3.44. The summed E-state index contributed by atoms with van der Waals surface area (Å²) >= 11 is 0. The van der Waals surface area contributed by atoms with Crippen molar-refractivity contribution in [2.45, 2.75) is 32.4 Å². The molecule has 2 aliphatic rings. The van der Waals surface area contributed by atoms with Crippen LogP contribution in [-0.2, 0) is 0 Å². The van der Waals surface area contributed by atoms with Crippen LogP contribution in [0.2, 0.25) is 0 Å². The van der Waals surface area contributed by atoms with Gasteiger partial charge < -0.3 is 23.7 Å². The molecule has 1 aromatic carbocycles. The van der Waals surface area contributed by atoms with Crippen molar-refractivity contribution >= 4 is 22.6 Å². The minimum Gasteiger partial charge on any atom is -0.487 e. The topological polar surface area (TPSA) is 101 Å². The summed E-state index contributed by atoms with van der Waals surface area (Å²) in [5.41, 5.74) is -0.356. The molecule has 0 radical (unpaired) electrons. The molecule has 2 aliphatic heterocycles. The van der Waals surface area contributed by atoms with E-state index in [1.165, 1.54) is 6.20 Å². The van der Waals surface area contributed by atoms with Crippen LogP contribution in [-0.4, -0.2) is 59.3 Å². The number of carboxylic acids is 1. The summed E-state index contributed by atoms with van der Waals surface area (Å²) in [6.45, 7) is 5.12. The number of anilines is 1. The van der Waals surface area contributed by atoms with Gasteiger partial charge in [0.2, 0.25) is 11.3 Å².